The van der Waals surface area contributed by atoms with Gasteiger partial charge in [-0.25, -0.2) is 4.20 Å². The van der Waals surface area contributed by atoms with E-state index in [9.17, 15) is 30.1 Å². The van der Waals surface area contributed by atoms with Gasteiger partial charge in [-0.15, -0.1) is 0 Å². The second-order valence-electron chi connectivity index (χ2n) is 18.3. The van der Waals surface area contributed by atoms with Gasteiger partial charge in [0.15, 0.2) is 5.58 Å². The lowest BCUT2D eigenvalue weighted by molar-refractivity contribution is 0.460. The van der Waals surface area contributed by atoms with E-state index in [0.29, 0.717) is 22.4 Å². The van der Waals surface area contributed by atoms with Crippen LogP contribution in [0, 0.1) is 0 Å². The predicted octanol–water partition coefficient (Wildman–Crippen LogP) is 17.2. The molecule has 11 aromatic rings. The van der Waals surface area contributed by atoms with Crippen LogP contribution in [0.3, 0.4) is 0 Å². The standard InChI is InChI=1S/C26H21O4P.C20H18O3.C12H8O2P.C6H6O.2CH4/c1-26(18-10-14-20(27)15-11-18,19-12-16-21(28)17-13-19)31(29)25-9-5-3-7-23(25)22-6-2-4-8-24(22)30-31;1-20(14-2-8-17(21)9-3-14,15-4-10-18(22)11-5-15)16-6-12-19(23)13-7-16;13-15-12-8-4-2-6-10(12)9-5-1-3-7-11(9)14-15;7-6-4-2-1-3-5-6;;/h2-17,27-28H,1H3;2-13,21-23H,1H3;1-8H;1-5,7H;2*1H4/q;;+1;;;. The van der Waals surface area contributed by atoms with Crippen LogP contribution < -0.4 is 9.83 Å². The van der Waals surface area contributed by atoms with Crippen LogP contribution in [0.1, 0.15) is 56.5 Å². The highest BCUT2D eigenvalue weighted by Crippen LogP contribution is 2.69. The Hall–Kier alpha value is -9.07. The minimum atomic E-state index is -3.60. The molecular formula is C66H61O10P2+. The first-order valence-corrected chi connectivity index (χ1v) is 27.0. The molecule has 0 fully saturated rings. The molecule has 6 N–H and O–H groups in total. The van der Waals surface area contributed by atoms with Crippen LogP contribution in [0.4, 0.5) is 0 Å². The zero-order valence-corrected chi connectivity index (χ0v) is 43.2. The Balaban J connectivity index is 0.000000165. The highest BCUT2D eigenvalue weighted by atomic mass is 31.2. The van der Waals surface area contributed by atoms with Crippen molar-refractivity contribution in [2.75, 3.05) is 0 Å². The van der Waals surface area contributed by atoms with E-state index in [4.69, 9.17) is 13.8 Å². The third-order valence-electron chi connectivity index (χ3n) is 13.6. The number of fused-ring (bicyclic) bond motifs is 6. The molecule has 394 valence electrons. The van der Waals surface area contributed by atoms with Gasteiger partial charge in [-0.05, 0) is 155 Å². The number of phenols is 6. The molecule has 0 amide bonds. The molecule has 10 aromatic carbocycles. The summed E-state index contributed by atoms with van der Waals surface area (Å²) in [4.78, 5) is 0. The van der Waals surface area contributed by atoms with Gasteiger partial charge in [-0.2, -0.15) is 0 Å². The first kappa shape index (κ1) is 56.7. The molecule has 10 nitrogen and oxygen atoms in total. The molecule has 0 aliphatic carbocycles. The molecule has 0 radical (unpaired) electrons. The fourth-order valence-electron chi connectivity index (χ4n) is 9.41. The van der Waals surface area contributed by atoms with Crippen molar-refractivity contribution in [1.29, 1.82) is 0 Å². The molecule has 0 spiro atoms. The molecule has 2 heterocycles. The molecule has 2 unspecified atom stereocenters. The maximum Gasteiger partial charge on any atom is 0.597 e. The summed E-state index contributed by atoms with van der Waals surface area (Å²) in [7, 11) is -5.34. The number of para-hydroxylation sites is 3. The molecular weight excluding hydrogens is 1010 g/mol. The number of hydrogen-bond donors (Lipinski definition) is 6. The zero-order valence-electron chi connectivity index (χ0n) is 41.4. The van der Waals surface area contributed by atoms with Crippen molar-refractivity contribution in [2.45, 2.75) is 39.3 Å². The van der Waals surface area contributed by atoms with E-state index in [-0.39, 0.29) is 43.6 Å². The monoisotopic (exact) mass is 1080 g/mol. The maximum atomic E-state index is 15.1. The lowest BCUT2D eigenvalue weighted by Crippen LogP contribution is -2.34. The third kappa shape index (κ3) is 11.5. The van der Waals surface area contributed by atoms with E-state index in [1.54, 1.807) is 109 Å². The average molecular weight is 1080 g/mol. The van der Waals surface area contributed by atoms with Crippen LogP contribution in [0.2, 0.25) is 0 Å². The highest BCUT2D eigenvalue weighted by molar-refractivity contribution is 7.69. The smallest absolute Gasteiger partial charge is 0.508 e. The van der Waals surface area contributed by atoms with Gasteiger partial charge in [0.1, 0.15) is 45.4 Å². The van der Waals surface area contributed by atoms with E-state index in [0.717, 1.165) is 54.8 Å². The summed E-state index contributed by atoms with van der Waals surface area (Å²) >= 11 is 0. The Labute approximate surface area is 455 Å². The van der Waals surface area contributed by atoms with Crippen LogP contribution in [0.15, 0.2) is 253 Å². The second kappa shape index (κ2) is 24.3. The summed E-state index contributed by atoms with van der Waals surface area (Å²) in [6.45, 7) is 3.98. The highest BCUT2D eigenvalue weighted by Gasteiger charge is 2.53. The second-order valence-corrected chi connectivity index (χ2v) is 22.1. The summed E-state index contributed by atoms with van der Waals surface area (Å²) < 4.78 is 38.6. The predicted molar refractivity (Wildman–Crippen MR) is 315 cm³/mol. The molecule has 12 heteroatoms. The molecule has 1 aliphatic rings. The average Bonchev–Trinajstić information content (AvgIpc) is 3.51. The molecule has 1 aromatic heterocycles. The summed E-state index contributed by atoms with van der Waals surface area (Å²) in [6.07, 6.45) is 0. The van der Waals surface area contributed by atoms with E-state index < -0.39 is 25.6 Å². The van der Waals surface area contributed by atoms with Gasteiger partial charge in [-0.1, -0.05) is 160 Å². The minimum Gasteiger partial charge on any atom is -0.508 e. The van der Waals surface area contributed by atoms with Crippen molar-refractivity contribution in [2.24, 2.45) is 0 Å². The molecule has 0 saturated heterocycles. The zero-order chi connectivity index (χ0) is 53.5. The quantitative estimate of drug-likeness (QED) is 0.0533. The van der Waals surface area contributed by atoms with Crippen molar-refractivity contribution in [3.05, 3.63) is 277 Å². The van der Waals surface area contributed by atoms with Gasteiger partial charge in [-0.3, -0.25) is 4.57 Å². The number of rotatable bonds is 6. The Morgan fingerprint density at radius 1 is 0.385 bits per heavy atom. The van der Waals surface area contributed by atoms with Crippen molar-refractivity contribution < 1.29 is 48.5 Å². The molecule has 78 heavy (non-hydrogen) atoms. The number of hydrogen-bond acceptors (Lipinski definition) is 10. The van der Waals surface area contributed by atoms with Gasteiger partial charge in [0.25, 0.3) is 7.37 Å². The van der Waals surface area contributed by atoms with Crippen LogP contribution in [0.25, 0.3) is 32.6 Å². The van der Waals surface area contributed by atoms with Gasteiger partial charge >= 0.3 is 7.65 Å². The first-order chi connectivity index (χ1) is 36.7. The fourth-order valence-corrected chi connectivity index (χ4v) is 13.4. The lowest BCUT2D eigenvalue weighted by Gasteiger charge is -2.41. The Kier molecular flexibility index (Phi) is 17.6. The SMILES string of the molecule is C.C.CC(c1ccc(O)cc1)(c1ccc(O)cc1)P1(=O)Oc2ccccc2-c2ccccc21.CC(c1ccc(O)cc1)(c1ccc(O)cc1)c1ccc(O)cc1.O=[p+]1oc2ccccc2c2ccccc21.Oc1ccccc1. The van der Waals surface area contributed by atoms with Crippen LogP contribution in [0.5, 0.6) is 40.2 Å². The van der Waals surface area contributed by atoms with Crippen molar-refractivity contribution in [3.8, 4) is 51.4 Å². The van der Waals surface area contributed by atoms with Gasteiger partial charge in [0.2, 0.25) is 5.12 Å². The summed E-state index contributed by atoms with van der Waals surface area (Å²) in [5, 5.41) is 59.5. The van der Waals surface area contributed by atoms with Crippen LogP contribution >= 0.6 is 15.0 Å². The maximum absolute atomic E-state index is 15.1. The van der Waals surface area contributed by atoms with E-state index >= 15 is 4.57 Å². The Morgan fingerprint density at radius 2 is 0.744 bits per heavy atom. The van der Waals surface area contributed by atoms with E-state index in [1.165, 1.54) is 0 Å². The molecule has 12 rings (SSSR count). The molecule has 1 aliphatic heterocycles. The number of aromatic hydroxyl groups is 6. The fraction of sp³-hybridized carbons (Fsp3) is 0.0909. The van der Waals surface area contributed by atoms with Crippen LogP contribution in [-0.2, 0) is 19.7 Å². The van der Waals surface area contributed by atoms with Gasteiger partial charge < -0.3 is 35.2 Å². The molecule has 0 bridgehead atoms. The largest absolute Gasteiger partial charge is 0.597 e. The summed E-state index contributed by atoms with van der Waals surface area (Å²) in [5.74, 6) is 1.80. The third-order valence-corrected chi connectivity index (χ3v) is 17.9. The summed E-state index contributed by atoms with van der Waals surface area (Å²) in [5.41, 5.74) is 6.53. The van der Waals surface area contributed by atoms with Crippen LogP contribution in [-0.4, -0.2) is 30.6 Å². The Morgan fingerprint density at radius 3 is 1.21 bits per heavy atom. The van der Waals surface area contributed by atoms with Gasteiger partial charge in [0.05, 0.1) is 5.30 Å². The topological polar surface area (TPSA) is 178 Å². The number of phenolic OH excluding ortho intramolecular Hbond substituents is 6. The van der Waals surface area contributed by atoms with E-state index in [2.05, 4.69) is 6.92 Å². The first-order valence-electron chi connectivity index (χ1n) is 24.2. The Bertz CT molecular complexity index is 3710. The normalized spacial score (nSPS) is 13.3. The minimum absolute atomic E-state index is 0. The molecule has 0 saturated carbocycles. The van der Waals surface area contributed by atoms with Gasteiger partial charge in [0, 0.05) is 21.8 Å². The number of benzene rings is 10. The lowest BCUT2D eigenvalue weighted by atomic mass is 9.71. The van der Waals surface area contributed by atoms with Crippen molar-refractivity contribution in [1.82, 2.24) is 0 Å². The van der Waals surface area contributed by atoms with E-state index in [1.807, 2.05) is 146 Å². The van der Waals surface area contributed by atoms with Crippen molar-refractivity contribution >= 4 is 41.8 Å². The molecule has 2 atom stereocenters. The van der Waals surface area contributed by atoms with Crippen molar-refractivity contribution in [3.63, 3.8) is 0 Å². The summed E-state index contributed by atoms with van der Waals surface area (Å²) in [6, 6.07) is 74.0.